The van der Waals surface area contributed by atoms with Crippen LogP contribution >= 0.6 is 11.6 Å². The van der Waals surface area contributed by atoms with E-state index in [-0.39, 0.29) is 13.0 Å². The van der Waals surface area contributed by atoms with Crippen molar-refractivity contribution in [3.05, 3.63) is 34.9 Å². The summed E-state index contributed by atoms with van der Waals surface area (Å²) in [6.07, 6.45) is -10.5. The van der Waals surface area contributed by atoms with Crippen molar-refractivity contribution in [1.29, 1.82) is 0 Å². The van der Waals surface area contributed by atoms with Gasteiger partial charge >= 0.3 is 12.4 Å². The van der Waals surface area contributed by atoms with Crippen molar-refractivity contribution in [2.24, 2.45) is 4.99 Å². The van der Waals surface area contributed by atoms with E-state index in [0.717, 1.165) is 5.56 Å². The average molecular weight is 377 g/mol. The number of aliphatic imine (C=N–C) groups is 1. The van der Waals surface area contributed by atoms with E-state index in [1.54, 1.807) is 24.3 Å². The Labute approximate surface area is 141 Å². The summed E-state index contributed by atoms with van der Waals surface area (Å²) in [6.45, 7) is 2.93. The third kappa shape index (κ3) is 10.4. The normalized spacial score (nSPS) is 12.5. The molecule has 0 aromatic heterocycles. The van der Waals surface area contributed by atoms with Gasteiger partial charge in [0, 0.05) is 18.1 Å². The molecule has 0 aliphatic heterocycles. The number of hydrogen-bond acceptors (Lipinski definition) is 1. The second-order valence-corrected chi connectivity index (χ2v) is 4.83. The first-order valence-electron chi connectivity index (χ1n) is 7.24. The van der Waals surface area contributed by atoms with Gasteiger partial charge in [0.05, 0.1) is 6.42 Å². The van der Waals surface area contributed by atoms with Gasteiger partial charge in [-0.2, -0.15) is 26.3 Å². The van der Waals surface area contributed by atoms with Crippen LogP contribution in [0.15, 0.2) is 29.3 Å². The molecule has 1 rings (SSSR count). The van der Waals surface area contributed by atoms with Crippen LogP contribution in [0.4, 0.5) is 26.3 Å². The first-order valence-corrected chi connectivity index (χ1v) is 7.62. The number of halogens is 7. The number of nitrogens with one attached hydrogen (secondary N) is 1. The second kappa shape index (κ2) is 10.4. The van der Waals surface area contributed by atoms with Crippen molar-refractivity contribution in [3.63, 3.8) is 0 Å². The molecule has 0 bridgehead atoms. The second-order valence-electron chi connectivity index (χ2n) is 4.40. The Bertz CT molecular complexity index is 494. The quantitative estimate of drug-likeness (QED) is 0.414. The van der Waals surface area contributed by atoms with Crippen LogP contribution in [0.2, 0.25) is 5.02 Å². The van der Waals surface area contributed by atoms with Gasteiger partial charge in [0.15, 0.2) is 0 Å². The van der Waals surface area contributed by atoms with Crippen LogP contribution in [0.5, 0.6) is 0 Å². The molecule has 0 aliphatic carbocycles. The Kier molecular flexibility index (Phi) is 9.80. The molecule has 0 amide bonds. The third-order valence-electron chi connectivity index (χ3n) is 2.55. The number of nitrogens with zero attached hydrogens (tertiary/aromatic N) is 1. The minimum absolute atomic E-state index is 0.105. The van der Waals surface area contributed by atoms with E-state index in [0.29, 0.717) is 5.02 Å². The molecule has 0 spiro atoms. The Morgan fingerprint density at radius 1 is 1.04 bits per heavy atom. The molecule has 24 heavy (non-hydrogen) atoms. The van der Waals surface area contributed by atoms with E-state index in [9.17, 15) is 26.3 Å². The van der Waals surface area contributed by atoms with Crippen LogP contribution in [-0.4, -0.2) is 31.3 Å². The monoisotopic (exact) mass is 376 g/mol. The summed E-state index contributed by atoms with van der Waals surface area (Å²) in [6, 6.07) is 6.49. The summed E-state index contributed by atoms with van der Waals surface area (Å²) in [5.41, 5.74) is 0.744. The highest BCUT2D eigenvalue weighted by Crippen LogP contribution is 2.20. The van der Waals surface area contributed by atoms with Crippen molar-refractivity contribution >= 4 is 17.4 Å². The molecule has 1 N–H and O–H groups in total. The van der Waals surface area contributed by atoms with E-state index >= 15 is 0 Å². The van der Waals surface area contributed by atoms with E-state index in [2.05, 4.69) is 4.99 Å². The van der Waals surface area contributed by atoms with Crippen LogP contribution < -0.4 is 5.32 Å². The zero-order chi connectivity index (χ0) is 18.8. The minimum atomic E-state index is -4.81. The van der Waals surface area contributed by atoms with E-state index < -0.39 is 31.2 Å². The number of hydrogen-bond donors (Lipinski definition) is 1. The van der Waals surface area contributed by atoms with Crippen molar-refractivity contribution in [2.75, 3.05) is 13.1 Å². The number of alkyl halides is 6. The van der Waals surface area contributed by atoms with Gasteiger partial charge < -0.3 is 5.32 Å². The van der Waals surface area contributed by atoms with Gasteiger partial charge in [-0.05, 0) is 24.1 Å². The molecule has 0 unspecified atom stereocenters. The fourth-order valence-electron chi connectivity index (χ4n) is 1.52. The summed E-state index contributed by atoms with van der Waals surface area (Å²) in [5.74, 6) is -1.40. The largest absolute Gasteiger partial charge is 0.448 e. The molecule has 0 aliphatic rings. The maximum Gasteiger partial charge on any atom is 0.448 e. The molecule has 0 radical (unpaired) electrons. The third-order valence-corrected chi connectivity index (χ3v) is 2.81. The number of benzene rings is 1. The summed E-state index contributed by atoms with van der Waals surface area (Å²) >= 11 is 5.67. The van der Waals surface area contributed by atoms with E-state index in [4.69, 9.17) is 11.6 Å². The van der Waals surface area contributed by atoms with Gasteiger partial charge in [-0.25, -0.2) is 0 Å². The highest BCUT2D eigenvalue weighted by molar-refractivity contribution is 6.30. The summed E-state index contributed by atoms with van der Waals surface area (Å²) in [7, 11) is 0. The Hall–Kier alpha value is -1.44. The van der Waals surface area contributed by atoms with E-state index in [1.807, 2.05) is 19.2 Å². The van der Waals surface area contributed by atoms with Crippen molar-refractivity contribution in [1.82, 2.24) is 5.32 Å². The molecule has 9 heteroatoms. The van der Waals surface area contributed by atoms with Crippen molar-refractivity contribution in [2.45, 2.75) is 39.0 Å². The van der Waals surface area contributed by atoms with Crippen LogP contribution in [0.1, 0.15) is 25.8 Å². The van der Waals surface area contributed by atoms with Gasteiger partial charge in [-0.3, -0.25) is 4.99 Å². The summed E-state index contributed by atoms with van der Waals surface area (Å²) in [5, 5.41) is 2.54. The fourth-order valence-corrected chi connectivity index (χ4v) is 1.64. The Morgan fingerprint density at radius 3 is 2.04 bits per heavy atom. The van der Waals surface area contributed by atoms with Crippen LogP contribution in [-0.2, 0) is 6.42 Å². The highest BCUT2D eigenvalue weighted by atomic mass is 35.5. The molecular weight excluding hydrogens is 358 g/mol. The van der Waals surface area contributed by atoms with Crippen LogP contribution in [0.3, 0.4) is 0 Å². The SMILES string of the molecule is CC.FC(F)(F)CCN=C(NCCc1ccc(Cl)cc1)C(F)(F)F. The molecule has 0 saturated heterocycles. The van der Waals surface area contributed by atoms with Crippen LogP contribution in [0, 0.1) is 0 Å². The molecule has 1 aromatic rings. The maximum absolute atomic E-state index is 12.6. The molecular formula is C15H19ClF6N2. The first kappa shape index (κ1) is 22.6. The summed E-state index contributed by atoms with van der Waals surface area (Å²) < 4.78 is 73.7. The van der Waals surface area contributed by atoms with Gasteiger partial charge in [0.1, 0.15) is 0 Å². The smallest absolute Gasteiger partial charge is 0.366 e. The predicted octanol–water partition coefficient (Wildman–Crippen LogP) is 5.41. The van der Waals surface area contributed by atoms with Gasteiger partial charge in [0.25, 0.3) is 0 Å². The lowest BCUT2D eigenvalue weighted by molar-refractivity contribution is -0.132. The maximum atomic E-state index is 12.6. The molecule has 0 atom stereocenters. The van der Waals surface area contributed by atoms with Crippen molar-refractivity contribution in [3.8, 4) is 0 Å². The lowest BCUT2D eigenvalue weighted by atomic mass is 10.1. The molecule has 0 heterocycles. The van der Waals surface area contributed by atoms with E-state index in [1.165, 1.54) is 0 Å². The molecule has 138 valence electrons. The van der Waals surface area contributed by atoms with Crippen LogP contribution in [0.25, 0.3) is 0 Å². The first-order chi connectivity index (χ1) is 11.1. The van der Waals surface area contributed by atoms with Gasteiger partial charge in [-0.15, -0.1) is 0 Å². The Morgan fingerprint density at radius 2 is 1.58 bits per heavy atom. The number of amidine groups is 1. The summed E-state index contributed by atoms with van der Waals surface area (Å²) in [4.78, 5) is 2.97. The molecule has 1 aromatic carbocycles. The zero-order valence-electron chi connectivity index (χ0n) is 13.2. The van der Waals surface area contributed by atoms with Crippen molar-refractivity contribution < 1.29 is 26.3 Å². The number of rotatable bonds is 5. The molecule has 0 fully saturated rings. The van der Waals surface area contributed by atoms with Gasteiger partial charge in [0.2, 0.25) is 5.84 Å². The lowest BCUT2D eigenvalue weighted by Crippen LogP contribution is -2.38. The lowest BCUT2D eigenvalue weighted by Gasteiger charge is -2.13. The predicted molar refractivity (Wildman–Crippen MR) is 83.5 cm³/mol. The fraction of sp³-hybridized carbons (Fsp3) is 0.533. The molecule has 0 saturated carbocycles. The van der Waals surface area contributed by atoms with Gasteiger partial charge in [-0.1, -0.05) is 37.6 Å². The standard InChI is InChI=1S/C13H13ClF6N2.C2H6/c14-10-3-1-9(2-4-10)5-7-21-11(13(18,19)20)22-8-6-12(15,16)17;1-2/h1-4H,5-8H2,(H,21,22);1-2H3. The highest BCUT2D eigenvalue weighted by Gasteiger charge is 2.36. The Balaban J connectivity index is 0.00000254. The minimum Gasteiger partial charge on any atom is -0.366 e. The average Bonchev–Trinajstić information content (AvgIpc) is 2.47. The zero-order valence-corrected chi connectivity index (χ0v) is 14.0. The topological polar surface area (TPSA) is 24.4 Å². The molecule has 2 nitrogen and oxygen atoms in total.